The second-order valence-electron chi connectivity index (χ2n) is 4.14. The lowest BCUT2D eigenvalue weighted by atomic mass is 9.93. The molecular weight excluding hydrogens is 248 g/mol. The van der Waals surface area contributed by atoms with Gasteiger partial charge in [0.15, 0.2) is 0 Å². The van der Waals surface area contributed by atoms with Crippen molar-refractivity contribution in [2.24, 2.45) is 0 Å². The van der Waals surface area contributed by atoms with Crippen LogP contribution in [0.3, 0.4) is 0 Å². The molecule has 0 amide bonds. The van der Waals surface area contributed by atoms with Gasteiger partial charge in [-0.05, 0) is 31.0 Å². The van der Waals surface area contributed by atoms with E-state index in [1.807, 2.05) is 0 Å². The Morgan fingerprint density at radius 2 is 2.18 bits per heavy atom. The summed E-state index contributed by atoms with van der Waals surface area (Å²) < 4.78 is 28.9. The fourth-order valence-corrected chi connectivity index (χ4v) is 1.96. The minimum Gasteiger partial charge on any atom is -0.434 e. The van der Waals surface area contributed by atoms with Gasteiger partial charge < -0.3 is 10.1 Å². The van der Waals surface area contributed by atoms with Crippen LogP contribution in [0.2, 0.25) is 5.02 Å². The molecule has 0 radical (unpaired) electrons. The third kappa shape index (κ3) is 3.54. The maximum atomic E-state index is 12.2. The van der Waals surface area contributed by atoms with Gasteiger partial charge in [-0.1, -0.05) is 18.0 Å². The van der Waals surface area contributed by atoms with E-state index in [0.29, 0.717) is 23.2 Å². The molecule has 1 aliphatic rings. The lowest BCUT2D eigenvalue weighted by Gasteiger charge is -2.27. The Morgan fingerprint density at radius 3 is 2.76 bits per heavy atom. The van der Waals surface area contributed by atoms with Gasteiger partial charge in [-0.3, -0.25) is 0 Å². The number of alkyl halides is 2. The first-order chi connectivity index (χ1) is 8.15. The van der Waals surface area contributed by atoms with Crippen molar-refractivity contribution in [2.75, 3.05) is 0 Å². The van der Waals surface area contributed by atoms with Crippen LogP contribution in [0.15, 0.2) is 18.2 Å². The Kier molecular flexibility index (Phi) is 4.18. The van der Waals surface area contributed by atoms with Gasteiger partial charge in [0, 0.05) is 23.2 Å². The van der Waals surface area contributed by atoms with Crippen LogP contribution < -0.4 is 10.1 Å². The smallest absolute Gasteiger partial charge is 0.387 e. The summed E-state index contributed by atoms with van der Waals surface area (Å²) in [4.78, 5) is 0. The van der Waals surface area contributed by atoms with E-state index >= 15 is 0 Å². The van der Waals surface area contributed by atoms with Crippen molar-refractivity contribution in [3.8, 4) is 5.75 Å². The van der Waals surface area contributed by atoms with Crippen LogP contribution in [0.5, 0.6) is 5.75 Å². The number of nitrogens with one attached hydrogen (secondary N) is 1. The van der Waals surface area contributed by atoms with E-state index in [2.05, 4.69) is 10.1 Å². The summed E-state index contributed by atoms with van der Waals surface area (Å²) in [5, 5.41) is 3.82. The largest absolute Gasteiger partial charge is 0.434 e. The molecule has 1 saturated carbocycles. The summed E-state index contributed by atoms with van der Waals surface area (Å²) in [6, 6.07) is 5.18. The van der Waals surface area contributed by atoms with Crippen LogP contribution >= 0.6 is 11.6 Å². The summed E-state index contributed by atoms with van der Waals surface area (Å²) in [6.07, 6.45) is 3.52. The zero-order valence-corrected chi connectivity index (χ0v) is 10.0. The average molecular weight is 262 g/mol. The zero-order valence-electron chi connectivity index (χ0n) is 9.26. The molecule has 94 valence electrons. The molecule has 0 aromatic heterocycles. The SMILES string of the molecule is FC(F)Oc1ccc(Cl)cc1CNC1CCC1. The van der Waals surface area contributed by atoms with Gasteiger partial charge in [0.2, 0.25) is 0 Å². The summed E-state index contributed by atoms with van der Waals surface area (Å²) in [5.41, 5.74) is 0.671. The van der Waals surface area contributed by atoms with Crippen molar-refractivity contribution in [2.45, 2.75) is 38.5 Å². The van der Waals surface area contributed by atoms with E-state index in [9.17, 15) is 8.78 Å². The first kappa shape index (κ1) is 12.6. The fourth-order valence-electron chi connectivity index (χ4n) is 1.76. The van der Waals surface area contributed by atoms with Crippen molar-refractivity contribution in [1.29, 1.82) is 0 Å². The fraction of sp³-hybridized carbons (Fsp3) is 0.500. The normalized spacial score (nSPS) is 16.0. The highest BCUT2D eigenvalue weighted by molar-refractivity contribution is 6.30. The molecule has 0 aliphatic heterocycles. The molecule has 0 unspecified atom stereocenters. The van der Waals surface area contributed by atoms with Crippen LogP contribution in [-0.4, -0.2) is 12.7 Å². The van der Waals surface area contributed by atoms with E-state index in [-0.39, 0.29) is 5.75 Å². The first-order valence-electron chi connectivity index (χ1n) is 5.62. The number of hydrogen-bond acceptors (Lipinski definition) is 2. The van der Waals surface area contributed by atoms with Gasteiger partial charge >= 0.3 is 6.61 Å². The molecule has 0 saturated heterocycles. The number of rotatable bonds is 5. The molecule has 0 bridgehead atoms. The molecule has 1 aliphatic carbocycles. The topological polar surface area (TPSA) is 21.3 Å². The van der Waals surface area contributed by atoms with Crippen molar-refractivity contribution >= 4 is 11.6 Å². The summed E-state index contributed by atoms with van der Waals surface area (Å²) >= 11 is 5.85. The predicted octanol–water partition coefficient (Wildman–Crippen LogP) is 3.58. The molecule has 1 aromatic carbocycles. The molecule has 5 heteroatoms. The van der Waals surface area contributed by atoms with Crippen LogP contribution in [0.1, 0.15) is 24.8 Å². The molecule has 0 spiro atoms. The average Bonchev–Trinajstić information content (AvgIpc) is 2.19. The molecular formula is C12H14ClF2NO. The van der Waals surface area contributed by atoms with Gasteiger partial charge in [0.25, 0.3) is 0 Å². The highest BCUT2D eigenvalue weighted by Gasteiger charge is 2.17. The molecule has 17 heavy (non-hydrogen) atoms. The Balaban J connectivity index is 2.02. The van der Waals surface area contributed by atoms with Crippen molar-refractivity contribution in [1.82, 2.24) is 5.32 Å². The van der Waals surface area contributed by atoms with Crippen LogP contribution in [0.4, 0.5) is 8.78 Å². The van der Waals surface area contributed by atoms with E-state index in [1.54, 1.807) is 12.1 Å². The highest BCUT2D eigenvalue weighted by Crippen LogP contribution is 2.26. The molecule has 1 fully saturated rings. The van der Waals surface area contributed by atoms with Crippen molar-refractivity contribution < 1.29 is 13.5 Å². The minimum absolute atomic E-state index is 0.191. The minimum atomic E-state index is -2.81. The Hall–Kier alpha value is -0.870. The van der Waals surface area contributed by atoms with Gasteiger partial charge in [-0.25, -0.2) is 0 Å². The molecule has 0 heterocycles. The van der Waals surface area contributed by atoms with E-state index in [1.165, 1.54) is 12.5 Å². The van der Waals surface area contributed by atoms with Gasteiger partial charge in [-0.15, -0.1) is 0 Å². The second-order valence-corrected chi connectivity index (χ2v) is 4.58. The van der Waals surface area contributed by atoms with Crippen LogP contribution in [-0.2, 0) is 6.54 Å². The highest BCUT2D eigenvalue weighted by atomic mass is 35.5. The molecule has 2 rings (SSSR count). The summed E-state index contributed by atoms with van der Waals surface area (Å²) in [6.45, 7) is -2.30. The van der Waals surface area contributed by atoms with Crippen LogP contribution in [0, 0.1) is 0 Å². The number of hydrogen-bond donors (Lipinski definition) is 1. The Bertz CT molecular complexity index is 383. The molecule has 1 aromatic rings. The zero-order chi connectivity index (χ0) is 12.3. The molecule has 2 nitrogen and oxygen atoms in total. The third-order valence-electron chi connectivity index (χ3n) is 2.92. The summed E-state index contributed by atoms with van der Waals surface area (Å²) in [5.74, 6) is 0.191. The standard InChI is InChI=1S/C12H14ClF2NO/c13-9-4-5-11(17-12(14)15)8(6-9)7-16-10-2-1-3-10/h4-6,10,12,16H,1-3,7H2. The van der Waals surface area contributed by atoms with Crippen molar-refractivity contribution in [3.63, 3.8) is 0 Å². The molecule has 0 atom stereocenters. The molecule has 1 N–H and O–H groups in total. The van der Waals surface area contributed by atoms with E-state index in [4.69, 9.17) is 11.6 Å². The number of benzene rings is 1. The Labute approximate surface area is 104 Å². The third-order valence-corrected chi connectivity index (χ3v) is 3.16. The van der Waals surface area contributed by atoms with Gasteiger partial charge in [0.1, 0.15) is 5.75 Å². The van der Waals surface area contributed by atoms with Crippen molar-refractivity contribution in [3.05, 3.63) is 28.8 Å². The number of halogens is 3. The maximum Gasteiger partial charge on any atom is 0.387 e. The van der Waals surface area contributed by atoms with Crippen LogP contribution in [0.25, 0.3) is 0 Å². The van der Waals surface area contributed by atoms with E-state index in [0.717, 1.165) is 12.8 Å². The quantitative estimate of drug-likeness (QED) is 0.875. The second kappa shape index (κ2) is 5.65. The number of ether oxygens (including phenoxy) is 1. The first-order valence-corrected chi connectivity index (χ1v) is 5.99. The maximum absolute atomic E-state index is 12.2. The van der Waals surface area contributed by atoms with Gasteiger partial charge in [-0.2, -0.15) is 8.78 Å². The monoisotopic (exact) mass is 261 g/mol. The Morgan fingerprint density at radius 1 is 1.41 bits per heavy atom. The van der Waals surface area contributed by atoms with Gasteiger partial charge in [0.05, 0.1) is 0 Å². The van der Waals surface area contributed by atoms with E-state index < -0.39 is 6.61 Å². The lowest BCUT2D eigenvalue weighted by molar-refractivity contribution is -0.0505. The predicted molar refractivity (Wildman–Crippen MR) is 62.6 cm³/mol. The summed E-state index contributed by atoms with van der Waals surface area (Å²) in [7, 11) is 0. The lowest BCUT2D eigenvalue weighted by Crippen LogP contribution is -2.34.